The minimum Gasteiger partial charge on any atom is -0.481 e. The molecule has 0 spiro atoms. The van der Waals surface area contributed by atoms with Crippen molar-refractivity contribution in [1.82, 2.24) is 4.98 Å². The molecular formula is C13H20N2O2S. The average Bonchev–Trinajstić information content (AvgIpc) is 2.77. The smallest absolute Gasteiger partial charge is 0.308 e. The molecule has 0 bridgehead atoms. The molecular weight excluding hydrogens is 248 g/mol. The molecule has 0 aliphatic carbocycles. The fourth-order valence-corrected chi connectivity index (χ4v) is 3.31. The topological polar surface area (TPSA) is 53.4 Å². The van der Waals surface area contributed by atoms with Gasteiger partial charge in [-0.05, 0) is 18.3 Å². The monoisotopic (exact) mass is 268 g/mol. The Morgan fingerprint density at radius 2 is 2.28 bits per heavy atom. The van der Waals surface area contributed by atoms with E-state index in [0.717, 1.165) is 18.1 Å². The molecule has 2 rings (SSSR count). The Kier molecular flexibility index (Phi) is 3.90. The van der Waals surface area contributed by atoms with Gasteiger partial charge in [0.2, 0.25) is 0 Å². The van der Waals surface area contributed by atoms with Gasteiger partial charge in [-0.15, -0.1) is 11.3 Å². The van der Waals surface area contributed by atoms with Crippen LogP contribution in [0.25, 0.3) is 0 Å². The largest absolute Gasteiger partial charge is 0.481 e. The van der Waals surface area contributed by atoms with Crippen LogP contribution >= 0.6 is 11.3 Å². The van der Waals surface area contributed by atoms with Gasteiger partial charge in [0.1, 0.15) is 0 Å². The van der Waals surface area contributed by atoms with Gasteiger partial charge in [0, 0.05) is 24.2 Å². The molecule has 1 fully saturated rings. The molecule has 1 N–H and O–H groups in total. The standard InChI is InChI=1S/C13H20N2O2S/c1-8(2)11-5-14-13(18-11)15-6-9(3)4-10(7-15)12(16)17/h5,8-10H,4,6-7H2,1-3H3,(H,16,17). The Morgan fingerprint density at radius 1 is 1.56 bits per heavy atom. The minimum absolute atomic E-state index is 0.264. The number of rotatable bonds is 3. The summed E-state index contributed by atoms with van der Waals surface area (Å²) < 4.78 is 0. The van der Waals surface area contributed by atoms with Crippen LogP contribution in [0.15, 0.2) is 6.20 Å². The van der Waals surface area contributed by atoms with Crippen LogP contribution in [0.5, 0.6) is 0 Å². The number of carbonyl (C=O) groups is 1. The number of aliphatic carboxylic acids is 1. The first-order chi connectivity index (χ1) is 8.47. The van der Waals surface area contributed by atoms with E-state index in [1.807, 2.05) is 6.20 Å². The molecule has 5 heteroatoms. The van der Waals surface area contributed by atoms with E-state index in [-0.39, 0.29) is 5.92 Å². The van der Waals surface area contributed by atoms with Crippen molar-refractivity contribution in [2.75, 3.05) is 18.0 Å². The lowest BCUT2D eigenvalue weighted by atomic mass is 9.91. The van der Waals surface area contributed by atoms with Gasteiger partial charge in [-0.1, -0.05) is 20.8 Å². The third-order valence-electron chi connectivity index (χ3n) is 3.36. The minimum atomic E-state index is -0.688. The van der Waals surface area contributed by atoms with E-state index in [2.05, 4.69) is 30.7 Å². The third kappa shape index (κ3) is 2.83. The van der Waals surface area contributed by atoms with E-state index in [0.29, 0.717) is 18.4 Å². The molecule has 2 atom stereocenters. The lowest BCUT2D eigenvalue weighted by Crippen LogP contribution is -2.42. The zero-order chi connectivity index (χ0) is 13.3. The number of hydrogen-bond donors (Lipinski definition) is 1. The molecule has 4 nitrogen and oxygen atoms in total. The number of anilines is 1. The third-order valence-corrected chi connectivity index (χ3v) is 4.72. The first-order valence-electron chi connectivity index (χ1n) is 6.40. The number of nitrogens with zero attached hydrogens (tertiary/aromatic N) is 2. The van der Waals surface area contributed by atoms with Crippen LogP contribution in [0.2, 0.25) is 0 Å². The molecule has 0 aromatic carbocycles. The van der Waals surface area contributed by atoms with Crippen LogP contribution in [0.1, 0.15) is 38.0 Å². The highest BCUT2D eigenvalue weighted by Crippen LogP contribution is 2.32. The summed E-state index contributed by atoms with van der Waals surface area (Å²) in [7, 11) is 0. The first kappa shape index (κ1) is 13.3. The van der Waals surface area contributed by atoms with E-state index < -0.39 is 5.97 Å². The van der Waals surface area contributed by atoms with Gasteiger partial charge in [0.25, 0.3) is 0 Å². The lowest BCUT2D eigenvalue weighted by Gasteiger charge is -2.34. The summed E-state index contributed by atoms with van der Waals surface area (Å²) in [5, 5.41) is 10.1. The van der Waals surface area contributed by atoms with Crippen LogP contribution in [-0.2, 0) is 4.79 Å². The fourth-order valence-electron chi connectivity index (χ4n) is 2.38. The van der Waals surface area contributed by atoms with Crippen molar-refractivity contribution >= 4 is 22.4 Å². The van der Waals surface area contributed by atoms with Gasteiger partial charge in [0.15, 0.2) is 5.13 Å². The molecule has 1 aromatic rings. The first-order valence-corrected chi connectivity index (χ1v) is 7.22. The van der Waals surface area contributed by atoms with Crippen molar-refractivity contribution in [3.05, 3.63) is 11.1 Å². The summed E-state index contributed by atoms with van der Waals surface area (Å²) >= 11 is 1.69. The van der Waals surface area contributed by atoms with Gasteiger partial charge in [-0.2, -0.15) is 0 Å². The van der Waals surface area contributed by atoms with Crippen molar-refractivity contribution in [2.45, 2.75) is 33.1 Å². The lowest BCUT2D eigenvalue weighted by molar-refractivity contribution is -0.142. The van der Waals surface area contributed by atoms with Gasteiger partial charge in [-0.3, -0.25) is 4.79 Å². The molecule has 2 unspecified atom stereocenters. The fraction of sp³-hybridized carbons (Fsp3) is 0.692. The summed E-state index contributed by atoms with van der Waals surface area (Å²) in [4.78, 5) is 19.0. The quantitative estimate of drug-likeness (QED) is 0.916. The average molecular weight is 268 g/mol. The Balaban J connectivity index is 2.13. The number of carboxylic acid groups (broad SMARTS) is 1. The van der Waals surface area contributed by atoms with E-state index in [4.69, 9.17) is 0 Å². The van der Waals surface area contributed by atoms with Crippen LogP contribution in [-0.4, -0.2) is 29.1 Å². The van der Waals surface area contributed by atoms with Crippen molar-refractivity contribution in [3.8, 4) is 0 Å². The van der Waals surface area contributed by atoms with Crippen LogP contribution in [0.3, 0.4) is 0 Å². The maximum Gasteiger partial charge on any atom is 0.308 e. The highest BCUT2D eigenvalue weighted by molar-refractivity contribution is 7.15. The molecule has 18 heavy (non-hydrogen) atoms. The normalized spacial score (nSPS) is 24.6. The summed E-state index contributed by atoms with van der Waals surface area (Å²) in [5.74, 6) is -0.0627. The van der Waals surface area contributed by atoms with Gasteiger partial charge in [-0.25, -0.2) is 4.98 Å². The van der Waals surface area contributed by atoms with Crippen LogP contribution < -0.4 is 4.90 Å². The second kappa shape index (κ2) is 5.26. The summed E-state index contributed by atoms with van der Waals surface area (Å²) in [6.07, 6.45) is 2.69. The number of aromatic nitrogens is 1. The van der Waals surface area contributed by atoms with Crippen LogP contribution in [0, 0.1) is 11.8 Å². The molecule has 2 heterocycles. The Labute approximate surface area is 112 Å². The maximum atomic E-state index is 11.1. The van der Waals surface area contributed by atoms with Crippen molar-refractivity contribution < 1.29 is 9.90 Å². The number of thiazole rings is 1. The van der Waals surface area contributed by atoms with E-state index in [9.17, 15) is 9.90 Å². The summed E-state index contributed by atoms with van der Waals surface area (Å²) in [6.45, 7) is 7.91. The Bertz CT molecular complexity index is 430. The van der Waals surface area contributed by atoms with E-state index in [1.165, 1.54) is 4.88 Å². The molecule has 100 valence electrons. The Hall–Kier alpha value is -1.10. The molecule has 0 radical (unpaired) electrons. The zero-order valence-corrected chi connectivity index (χ0v) is 11.9. The number of hydrogen-bond acceptors (Lipinski definition) is 4. The highest BCUT2D eigenvalue weighted by Gasteiger charge is 2.30. The Morgan fingerprint density at radius 3 is 2.83 bits per heavy atom. The van der Waals surface area contributed by atoms with E-state index in [1.54, 1.807) is 11.3 Å². The second-order valence-electron chi connectivity index (χ2n) is 5.48. The van der Waals surface area contributed by atoms with Crippen molar-refractivity contribution in [1.29, 1.82) is 0 Å². The van der Waals surface area contributed by atoms with Crippen molar-refractivity contribution in [3.63, 3.8) is 0 Å². The molecule has 1 aromatic heterocycles. The van der Waals surface area contributed by atoms with Gasteiger partial charge >= 0.3 is 5.97 Å². The molecule has 1 saturated heterocycles. The molecule has 0 amide bonds. The molecule has 1 aliphatic rings. The summed E-state index contributed by atoms with van der Waals surface area (Å²) in [6, 6.07) is 0. The zero-order valence-electron chi connectivity index (χ0n) is 11.1. The van der Waals surface area contributed by atoms with Gasteiger partial charge < -0.3 is 10.0 Å². The number of piperidine rings is 1. The van der Waals surface area contributed by atoms with Crippen molar-refractivity contribution in [2.24, 2.45) is 11.8 Å². The molecule has 0 saturated carbocycles. The molecule has 1 aliphatic heterocycles. The second-order valence-corrected chi connectivity index (χ2v) is 6.52. The SMILES string of the molecule is CC1CC(C(=O)O)CN(c2ncc(C(C)C)s2)C1. The predicted molar refractivity (Wildman–Crippen MR) is 73.3 cm³/mol. The predicted octanol–water partition coefficient (Wildman–Crippen LogP) is 2.81. The van der Waals surface area contributed by atoms with Gasteiger partial charge in [0.05, 0.1) is 5.92 Å². The van der Waals surface area contributed by atoms with E-state index >= 15 is 0 Å². The highest BCUT2D eigenvalue weighted by atomic mass is 32.1. The van der Waals surface area contributed by atoms with Crippen LogP contribution in [0.4, 0.5) is 5.13 Å². The number of carboxylic acids is 1. The maximum absolute atomic E-state index is 11.1. The summed E-state index contributed by atoms with van der Waals surface area (Å²) in [5.41, 5.74) is 0.